The van der Waals surface area contributed by atoms with Gasteiger partial charge >= 0.3 is 0 Å². The number of amides is 3. The highest BCUT2D eigenvalue weighted by Crippen LogP contribution is 2.45. The average molecular weight is 1000 g/mol. The van der Waals surface area contributed by atoms with Gasteiger partial charge in [-0.1, -0.05) is 41.5 Å². The van der Waals surface area contributed by atoms with Crippen molar-refractivity contribution < 1.29 is 28.6 Å². The highest BCUT2D eigenvalue weighted by molar-refractivity contribution is 6.00. The predicted molar refractivity (Wildman–Crippen MR) is 276 cm³/mol. The SMILES string of the molecule is [C-]#[N+]/C(C#N)=C1/CC(C)(C)CC(NCCOCCN(CCOCCNC2=C(C(=O)N(C)C)C(=C(C#N)C#N)CC(C)(C)C2)CCOCCNC2=C(C(=O)N(C)C)/C(=C(/C#N)[N+]#[C-])CC(C)(C)C2)=C1C(=O)N(C)C. The molecule has 0 spiro atoms. The number of rotatable bonds is 24. The fraction of sp³-hybridized carbons (Fsp3) is 0.611. The van der Waals surface area contributed by atoms with Crippen molar-refractivity contribution in [2.45, 2.75) is 80.1 Å². The number of hydrogen-bond donors (Lipinski definition) is 3. The monoisotopic (exact) mass is 1000 g/mol. The van der Waals surface area contributed by atoms with Crippen LogP contribution in [0.4, 0.5) is 0 Å². The van der Waals surface area contributed by atoms with Crippen LogP contribution in [0, 0.1) is 74.7 Å². The van der Waals surface area contributed by atoms with Crippen LogP contribution in [0.15, 0.2) is 67.5 Å². The zero-order valence-corrected chi connectivity index (χ0v) is 45.1. The molecule has 392 valence electrons. The van der Waals surface area contributed by atoms with Gasteiger partial charge in [-0.2, -0.15) is 10.5 Å². The number of nitrogens with zero attached hydrogens (tertiary/aromatic N) is 10. The minimum Gasteiger partial charge on any atom is -0.385 e. The lowest BCUT2D eigenvalue weighted by molar-refractivity contribution is -0.125. The summed E-state index contributed by atoms with van der Waals surface area (Å²) in [5.74, 6) is -0.830. The first kappa shape index (κ1) is 60.3. The van der Waals surface area contributed by atoms with Crippen LogP contribution in [-0.4, -0.2) is 159 Å². The summed E-state index contributed by atoms with van der Waals surface area (Å²) >= 11 is 0. The number of hydrogen-bond acceptors (Lipinski definition) is 14. The number of likely N-dealkylation sites (N-methyl/N-ethyl adjacent to an activating group) is 3. The molecule has 0 aliphatic heterocycles. The first-order chi connectivity index (χ1) is 34.4. The van der Waals surface area contributed by atoms with E-state index in [0.717, 1.165) is 0 Å². The first-order valence-corrected chi connectivity index (χ1v) is 24.5. The Morgan fingerprint density at radius 2 is 0.781 bits per heavy atom. The predicted octanol–water partition coefficient (Wildman–Crippen LogP) is 5.33. The first-order valence-electron chi connectivity index (χ1n) is 24.5. The maximum atomic E-state index is 13.4. The topological polar surface area (TPSA) is 232 Å². The van der Waals surface area contributed by atoms with E-state index in [1.54, 1.807) is 42.3 Å². The van der Waals surface area contributed by atoms with Gasteiger partial charge in [0.25, 0.3) is 29.1 Å². The Morgan fingerprint density at radius 1 is 0.493 bits per heavy atom. The zero-order valence-electron chi connectivity index (χ0n) is 45.1. The second-order valence-corrected chi connectivity index (χ2v) is 21.4. The van der Waals surface area contributed by atoms with Gasteiger partial charge in [-0.3, -0.25) is 19.3 Å². The molecule has 3 aliphatic rings. The van der Waals surface area contributed by atoms with Gasteiger partial charge < -0.3 is 44.9 Å². The van der Waals surface area contributed by atoms with E-state index < -0.39 is 0 Å². The second-order valence-electron chi connectivity index (χ2n) is 21.4. The molecular weight excluding hydrogens is 927 g/mol. The highest BCUT2D eigenvalue weighted by Gasteiger charge is 2.38. The third kappa shape index (κ3) is 17.3. The lowest BCUT2D eigenvalue weighted by atomic mass is 9.72. The van der Waals surface area contributed by atoms with Crippen LogP contribution >= 0.6 is 0 Å². The van der Waals surface area contributed by atoms with E-state index in [9.17, 15) is 35.4 Å². The molecule has 0 fully saturated rings. The van der Waals surface area contributed by atoms with Crippen LogP contribution in [-0.2, 0) is 28.6 Å². The Labute approximate surface area is 433 Å². The van der Waals surface area contributed by atoms with E-state index in [0.29, 0.717) is 168 Å². The maximum absolute atomic E-state index is 13.4. The van der Waals surface area contributed by atoms with Gasteiger partial charge in [0.2, 0.25) is 0 Å². The molecule has 3 amide bonds. The Morgan fingerprint density at radius 3 is 1.04 bits per heavy atom. The van der Waals surface area contributed by atoms with Crippen LogP contribution in [0.3, 0.4) is 0 Å². The minimum atomic E-state index is -0.301. The third-order valence-electron chi connectivity index (χ3n) is 12.5. The van der Waals surface area contributed by atoms with Crippen molar-refractivity contribution in [3.8, 4) is 24.3 Å². The molecule has 3 aliphatic carbocycles. The molecule has 0 saturated heterocycles. The number of allylic oxidation sites excluding steroid dienone is 6. The molecule has 19 nitrogen and oxygen atoms in total. The summed E-state index contributed by atoms with van der Waals surface area (Å²) in [4.78, 5) is 53.7. The number of carbonyl (C=O) groups is 3. The number of carbonyl (C=O) groups excluding carboxylic acids is 3. The van der Waals surface area contributed by atoms with Crippen LogP contribution in [0.5, 0.6) is 0 Å². The minimum absolute atomic E-state index is 0.0696. The Hall–Kier alpha value is -6.97. The van der Waals surface area contributed by atoms with Gasteiger partial charge in [0.05, 0.1) is 81.6 Å². The number of nitrogens with one attached hydrogen (secondary N) is 3. The third-order valence-corrected chi connectivity index (χ3v) is 12.5. The molecule has 0 heterocycles. The van der Waals surface area contributed by atoms with Crippen molar-refractivity contribution in [2.24, 2.45) is 16.2 Å². The van der Waals surface area contributed by atoms with Crippen LogP contribution in [0.1, 0.15) is 80.1 Å². The van der Waals surface area contributed by atoms with Crippen molar-refractivity contribution in [1.29, 1.82) is 21.0 Å². The fourth-order valence-electron chi connectivity index (χ4n) is 9.18. The molecule has 0 bridgehead atoms. The zero-order chi connectivity index (χ0) is 54.7. The van der Waals surface area contributed by atoms with E-state index in [4.69, 9.17) is 27.4 Å². The molecule has 0 radical (unpaired) electrons. The Kier molecular flexibility index (Phi) is 22.9. The van der Waals surface area contributed by atoms with Crippen LogP contribution in [0.2, 0.25) is 0 Å². The van der Waals surface area contributed by atoms with Crippen molar-refractivity contribution in [1.82, 2.24) is 35.6 Å². The number of nitriles is 4. The Bertz CT molecular complexity index is 2210. The largest absolute Gasteiger partial charge is 0.385 e. The molecule has 0 aromatic heterocycles. The normalized spacial score (nSPS) is 18.2. The van der Waals surface area contributed by atoms with Gasteiger partial charge in [-0.25, -0.2) is 20.2 Å². The molecule has 3 N–H and O–H groups in total. The van der Waals surface area contributed by atoms with Crippen LogP contribution < -0.4 is 16.0 Å². The van der Waals surface area contributed by atoms with Gasteiger partial charge in [0, 0.05) is 98.6 Å². The summed E-state index contributed by atoms with van der Waals surface area (Å²) < 4.78 is 18.3. The average Bonchev–Trinajstić information content (AvgIpc) is 3.31. The van der Waals surface area contributed by atoms with Gasteiger partial charge in [0.15, 0.2) is 0 Å². The molecule has 0 aromatic carbocycles. The summed E-state index contributed by atoms with van der Waals surface area (Å²) in [5.41, 5.74) is 3.33. The maximum Gasteiger partial charge on any atom is 0.265 e. The second kappa shape index (κ2) is 27.7. The van der Waals surface area contributed by atoms with Crippen molar-refractivity contribution in [3.63, 3.8) is 0 Å². The van der Waals surface area contributed by atoms with Crippen molar-refractivity contribution in [3.05, 3.63) is 90.3 Å². The smallest absolute Gasteiger partial charge is 0.265 e. The van der Waals surface area contributed by atoms with E-state index >= 15 is 0 Å². The lowest BCUT2D eigenvalue weighted by Crippen LogP contribution is -2.37. The molecule has 0 saturated carbocycles. The van der Waals surface area contributed by atoms with E-state index in [2.05, 4.69) is 30.5 Å². The molecule has 0 atom stereocenters. The van der Waals surface area contributed by atoms with Gasteiger partial charge in [0.1, 0.15) is 17.7 Å². The van der Waals surface area contributed by atoms with E-state index in [1.807, 2.05) is 65.8 Å². The van der Waals surface area contributed by atoms with Gasteiger partial charge in [-0.05, 0) is 71.5 Å². The Balaban J connectivity index is 1.73. The molecule has 19 heteroatoms. The summed E-state index contributed by atoms with van der Waals surface area (Å²) in [6, 6.07) is 7.93. The van der Waals surface area contributed by atoms with Crippen molar-refractivity contribution >= 4 is 17.7 Å². The lowest BCUT2D eigenvalue weighted by Gasteiger charge is -2.36. The molecule has 73 heavy (non-hydrogen) atoms. The summed E-state index contributed by atoms with van der Waals surface area (Å²) in [7, 11) is 9.86. The fourth-order valence-corrected chi connectivity index (χ4v) is 9.18. The van der Waals surface area contributed by atoms with Gasteiger partial charge in [-0.15, -0.1) is 0 Å². The molecule has 0 aromatic rings. The van der Waals surface area contributed by atoms with E-state index in [1.165, 1.54) is 14.7 Å². The van der Waals surface area contributed by atoms with Crippen LogP contribution in [0.25, 0.3) is 9.69 Å². The molecule has 0 unspecified atom stereocenters. The summed E-state index contributed by atoms with van der Waals surface area (Å²) in [6.07, 6.45) is 2.93. The van der Waals surface area contributed by atoms with Crippen molar-refractivity contribution in [2.75, 3.05) is 121 Å². The van der Waals surface area contributed by atoms with E-state index in [-0.39, 0.29) is 50.9 Å². The quantitative estimate of drug-likeness (QED) is 0.0631. The highest BCUT2D eigenvalue weighted by atomic mass is 16.5. The molecule has 3 rings (SSSR count). The summed E-state index contributed by atoms with van der Waals surface area (Å²) in [5, 5.41) is 49.2. The standard InChI is InChI=1S/C54H75N13O6/c1-52(2)27-38(37(33-55)34-56)46(49(68)64(9)10)41(30-52)61-15-21-71-24-18-67(19-25-72-22-16-62-42-31-53(3,4)28-39(44(35-57)59-7)47(42)50(69)65(11)12)20-26-73-23-17-63-43-32-54(5,6)29-40(45(36-58)60-8)48(43)51(70)66(13)14/h61-63H,15-32H2,1-6,9-14H3/b44-39-,45-40-. The molecular formula is C54H75N13O6. The summed E-state index contributed by atoms with van der Waals surface area (Å²) in [6.45, 7) is 32.3. The number of ether oxygens (including phenoxy) is 3.